The van der Waals surface area contributed by atoms with Crippen molar-refractivity contribution < 1.29 is 24.5 Å². The standard InChI is InChI=1S/C21H24N4O4/c22-15(26)10-14-16-17(19(28)25(18(16)27)11-6-2-1-3-7-11)21(24-14)12-8-4-5-9-13(12)23-20(21)29/h4-5,8-9,11,14,16-17,24H,1-3,6-7,10H2,(H2,22,26)(H,23,29)/p+1/t14-,16+,17-,21-/m0/s1. The van der Waals surface area contributed by atoms with E-state index >= 15 is 0 Å². The van der Waals surface area contributed by atoms with Crippen LogP contribution in [0.25, 0.3) is 0 Å². The molecule has 152 valence electrons. The van der Waals surface area contributed by atoms with Gasteiger partial charge in [0.25, 0.3) is 5.91 Å². The van der Waals surface area contributed by atoms with Gasteiger partial charge in [-0.25, -0.2) is 0 Å². The first-order valence-electron chi connectivity index (χ1n) is 10.4. The Bertz CT molecular complexity index is 925. The minimum atomic E-state index is -1.22. The molecular weight excluding hydrogens is 372 g/mol. The van der Waals surface area contributed by atoms with Crippen LogP contribution >= 0.6 is 0 Å². The van der Waals surface area contributed by atoms with E-state index in [9.17, 15) is 19.2 Å². The van der Waals surface area contributed by atoms with Crippen molar-refractivity contribution in [1.29, 1.82) is 0 Å². The topological polar surface area (TPSA) is 126 Å². The van der Waals surface area contributed by atoms with Crippen LogP contribution in [0.15, 0.2) is 24.3 Å². The lowest BCUT2D eigenvalue weighted by Crippen LogP contribution is -2.99. The number of benzene rings is 1. The minimum absolute atomic E-state index is 0.0457. The largest absolute Gasteiger partial charge is 0.369 e. The highest BCUT2D eigenvalue weighted by molar-refractivity contribution is 6.14. The van der Waals surface area contributed by atoms with Gasteiger partial charge in [0.05, 0.1) is 12.1 Å². The molecule has 4 atom stereocenters. The summed E-state index contributed by atoms with van der Waals surface area (Å²) in [5, 5.41) is 4.63. The molecular formula is C21H25N4O4+. The molecule has 0 radical (unpaired) electrons. The summed E-state index contributed by atoms with van der Waals surface area (Å²) >= 11 is 0. The van der Waals surface area contributed by atoms with Crippen LogP contribution in [0.1, 0.15) is 44.1 Å². The van der Waals surface area contributed by atoms with Crippen molar-refractivity contribution in [3.63, 3.8) is 0 Å². The number of carbonyl (C=O) groups is 4. The third-order valence-corrected chi connectivity index (χ3v) is 7.19. The average Bonchev–Trinajstić information content (AvgIpc) is 3.27. The summed E-state index contributed by atoms with van der Waals surface area (Å²) in [6.07, 6.45) is 4.64. The first-order valence-corrected chi connectivity index (χ1v) is 10.4. The number of quaternary nitrogens is 1. The normalized spacial score (nSPS) is 33.9. The van der Waals surface area contributed by atoms with E-state index in [-0.39, 0.29) is 30.2 Å². The van der Waals surface area contributed by atoms with E-state index in [4.69, 9.17) is 5.73 Å². The highest BCUT2D eigenvalue weighted by atomic mass is 16.2. The molecule has 1 saturated carbocycles. The Balaban J connectivity index is 1.62. The number of nitrogens with one attached hydrogen (secondary N) is 1. The fraction of sp³-hybridized carbons (Fsp3) is 0.524. The number of hydrogen-bond acceptors (Lipinski definition) is 4. The SMILES string of the molecule is NC(=O)C[C@@H]1[NH2+][C@]2(C(=O)Nc3ccccc32)[C@@H]2C(=O)N(C3CCCCC3)C(=O)[C@H]12. The van der Waals surface area contributed by atoms with Crippen molar-refractivity contribution in [2.75, 3.05) is 5.32 Å². The average molecular weight is 397 g/mol. The predicted molar refractivity (Wildman–Crippen MR) is 102 cm³/mol. The van der Waals surface area contributed by atoms with Gasteiger partial charge in [0.1, 0.15) is 17.9 Å². The molecule has 1 aromatic rings. The molecule has 8 nitrogen and oxygen atoms in total. The fourth-order valence-corrected chi connectivity index (χ4v) is 6.06. The zero-order valence-corrected chi connectivity index (χ0v) is 16.1. The number of nitrogens with two attached hydrogens (primary N) is 2. The first kappa shape index (κ1) is 18.3. The van der Waals surface area contributed by atoms with Crippen molar-refractivity contribution in [3.05, 3.63) is 29.8 Å². The molecule has 29 heavy (non-hydrogen) atoms. The van der Waals surface area contributed by atoms with Gasteiger partial charge in [-0.15, -0.1) is 0 Å². The number of carbonyl (C=O) groups excluding carboxylic acids is 4. The van der Waals surface area contributed by atoms with E-state index in [0.29, 0.717) is 11.3 Å². The van der Waals surface area contributed by atoms with Crippen LogP contribution in [0, 0.1) is 11.8 Å². The van der Waals surface area contributed by atoms with Gasteiger partial charge in [-0.1, -0.05) is 37.5 Å². The molecule has 4 aliphatic rings. The monoisotopic (exact) mass is 397 g/mol. The summed E-state index contributed by atoms with van der Waals surface area (Å²) in [6, 6.07) is 6.63. The summed E-state index contributed by atoms with van der Waals surface area (Å²) < 4.78 is 0. The van der Waals surface area contributed by atoms with E-state index in [1.807, 2.05) is 18.2 Å². The van der Waals surface area contributed by atoms with Crippen LogP contribution in [0.2, 0.25) is 0 Å². The molecule has 2 saturated heterocycles. The Morgan fingerprint density at radius 3 is 2.59 bits per heavy atom. The Hall–Kier alpha value is -2.74. The maximum Gasteiger partial charge on any atom is 0.291 e. The Morgan fingerprint density at radius 2 is 1.86 bits per heavy atom. The van der Waals surface area contributed by atoms with Crippen molar-refractivity contribution in [2.24, 2.45) is 17.6 Å². The molecule has 3 fully saturated rings. The summed E-state index contributed by atoms with van der Waals surface area (Å²) in [6.45, 7) is 0. The zero-order chi connectivity index (χ0) is 20.3. The van der Waals surface area contributed by atoms with Gasteiger partial charge in [-0.3, -0.25) is 24.1 Å². The molecule has 0 bridgehead atoms. The quantitative estimate of drug-likeness (QED) is 0.599. The van der Waals surface area contributed by atoms with Crippen LogP contribution in [-0.2, 0) is 24.7 Å². The number of para-hydroxylation sites is 1. The van der Waals surface area contributed by atoms with Crippen molar-refractivity contribution >= 4 is 29.3 Å². The number of amides is 4. The summed E-state index contributed by atoms with van der Waals surface area (Å²) in [5.41, 5.74) is 5.60. The lowest BCUT2D eigenvalue weighted by Gasteiger charge is -2.32. The number of imide groups is 1. The van der Waals surface area contributed by atoms with E-state index in [1.54, 1.807) is 11.4 Å². The predicted octanol–water partition coefficient (Wildman–Crippen LogP) is -0.411. The molecule has 8 heteroatoms. The van der Waals surface area contributed by atoms with Gasteiger partial charge < -0.3 is 16.4 Å². The maximum atomic E-state index is 13.6. The number of likely N-dealkylation sites (tertiary alicyclic amines) is 1. The molecule has 3 aliphatic heterocycles. The van der Waals surface area contributed by atoms with Crippen LogP contribution in [-0.4, -0.2) is 40.6 Å². The second kappa shape index (κ2) is 6.38. The molecule has 1 aromatic carbocycles. The minimum Gasteiger partial charge on any atom is -0.369 e. The number of nitrogens with zero attached hydrogens (tertiary/aromatic N) is 1. The number of rotatable bonds is 3. The van der Waals surface area contributed by atoms with Gasteiger partial charge in [0.2, 0.25) is 23.3 Å². The highest BCUT2D eigenvalue weighted by Crippen LogP contribution is 2.50. The van der Waals surface area contributed by atoms with Gasteiger partial charge in [0, 0.05) is 11.6 Å². The van der Waals surface area contributed by atoms with Crippen LogP contribution in [0.3, 0.4) is 0 Å². The molecule has 3 heterocycles. The summed E-state index contributed by atoms with van der Waals surface area (Å²) in [7, 11) is 0. The number of anilines is 1. The van der Waals surface area contributed by atoms with Crippen molar-refractivity contribution in [3.8, 4) is 0 Å². The molecule has 4 amide bonds. The Kier molecular flexibility index (Phi) is 4.03. The summed E-state index contributed by atoms with van der Waals surface area (Å²) in [4.78, 5) is 53.5. The van der Waals surface area contributed by atoms with Gasteiger partial charge in [0.15, 0.2) is 0 Å². The van der Waals surface area contributed by atoms with Crippen LogP contribution < -0.4 is 16.4 Å². The molecule has 0 aromatic heterocycles. The second-order valence-corrected chi connectivity index (χ2v) is 8.71. The van der Waals surface area contributed by atoms with Crippen LogP contribution in [0.4, 0.5) is 5.69 Å². The lowest BCUT2D eigenvalue weighted by atomic mass is 9.76. The molecule has 5 N–H and O–H groups in total. The first-order chi connectivity index (χ1) is 13.9. The van der Waals surface area contributed by atoms with E-state index in [1.165, 1.54) is 4.90 Å². The van der Waals surface area contributed by atoms with Gasteiger partial charge >= 0.3 is 0 Å². The van der Waals surface area contributed by atoms with Gasteiger partial charge in [-0.2, -0.15) is 0 Å². The Morgan fingerprint density at radius 1 is 1.14 bits per heavy atom. The number of primary amides is 1. The molecule has 5 rings (SSSR count). The lowest BCUT2D eigenvalue weighted by molar-refractivity contribution is -0.732. The highest BCUT2D eigenvalue weighted by Gasteiger charge is 2.74. The number of hydrogen-bond donors (Lipinski definition) is 3. The van der Waals surface area contributed by atoms with E-state index < -0.39 is 29.3 Å². The zero-order valence-electron chi connectivity index (χ0n) is 16.1. The Labute approximate surface area is 168 Å². The van der Waals surface area contributed by atoms with E-state index in [2.05, 4.69) is 5.32 Å². The number of fused-ring (bicyclic) bond motifs is 4. The third kappa shape index (κ3) is 2.41. The third-order valence-electron chi connectivity index (χ3n) is 7.19. The summed E-state index contributed by atoms with van der Waals surface area (Å²) in [5.74, 6) is -2.89. The molecule has 1 spiro atoms. The smallest absolute Gasteiger partial charge is 0.291 e. The molecule has 0 unspecified atom stereocenters. The van der Waals surface area contributed by atoms with Gasteiger partial charge in [-0.05, 0) is 18.9 Å². The van der Waals surface area contributed by atoms with E-state index in [0.717, 1.165) is 32.1 Å². The fourth-order valence-electron chi connectivity index (χ4n) is 6.06. The van der Waals surface area contributed by atoms with Crippen molar-refractivity contribution in [2.45, 2.75) is 56.1 Å². The molecule has 1 aliphatic carbocycles. The maximum absolute atomic E-state index is 13.6. The second-order valence-electron chi connectivity index (χ2n) is 8.71. The van der Waals surface area contributed by atoms with Crippen LogP contribution in [0.5, 0.6) is 0 Å². The van der Waals surface area contributed by atoms with Crippen molar-refractivity contribution in [1.82, 2.24) is 4.90 Å².